The van der Waals surface area contributed by atoms with Gasteiger partial charge in [0.25, 0.3) is 0 Å². The van der Waals surface area contributed by atoms with Crippen LogP contribution in [0.1, 0.15) is 6.92 Å². The van der Waals surface area contributed by atoms with Gasteiger partial charge in [0.15, 0.2) is 11.6 Å². The molecule has 0 aliphatic carbocycles. The van der Waals surface area contributed by atoms with Crippen LogP contribution in [-0.2, 0) is 0 Å². The normalized spacial score (nSPS) is 19.0. The summed E-state index contributed by atoms with van der Waals surface area (Å²) in [6, 6.07) is 1.62. The molecule has 1 unspecified atom stereocenters. The molecule has 0 amide bonds. The van der Waals surface area contributed by atoms with Crippen molar-refractivity contribution in [1.29, 1.82) is 0 Å². The van der Waals surface area contributed by atoms with Gasteiger partial charge >= 0.3 is 0 Å². The van der Waals surface area contributed by atoms with Gasteiger partial charge in [0, 0.05) is 4.90 Å². The lowest BCUT2D eigenvalue weighted by Crippen LogP contribution is -2.04. The molecule has 0 aromatic heterocycles. The van der Waals surface area contributed by atoms with Gasteiger partial charge in [-0.25, -0.2) is 4.39 Å². The minimum Gasteiger partial charge on any atom is -0.491 e. The van der Waals surface area contributed by atoms with Crippen LogP contribution in [0, 0.1) is 5.82 Å². The SMILES string of the molecule is COc1c(F)c(Cl)cc2c1NC(C)S2. The van der Waals surface area contributed by atoms with Gasteiger partial charge in [-0.3, -0.25) is 0 Å². The van der Waals surface area contributed by atoms with Crippen LogP contribution in [0.15, 0.2) is 11.0 Å². The molecule has 0 bridgehead atoms. The summed E-state index contributed by atoms with van der Waals surface area (Å²) in [5.41, 5.74) is 0.701. The first-order chi connectivity index (χ1) is 6.63. The number of benzene rings is 1. The second-order valence-electron chi connectivity index (χ2n) is 2.98. The van der Waals surface area contributed by atoms with E-state index in [0.29, 0.717) is 5.69 Å². The van der Waals surface area contributed by atoms with Crippen molar-refractivity contribution >= 4 is 29.1 Å². The zero-order valence-corrected chi connectivity index (χ0v) is 9.30. The fourth-order valence-electron chi connectivity index (χ4n) is 1.43. The predicted molar refractivity (Wildman–Crippen MR) is 56.9 cm³/mol. The van der Waals surface area contributed by atoms with Crippen molar-refractivity contribution in [3.63, 3.8) is 0 Å². The van der Waals surface area contributed by atoms with Crippen LogP contribution < -0.4 is 10.1 Å². The summed E-state index contributed by atoms with van der Waals surface area (Å²) in [5.74, 6) is -0.306. The number of ether oxygens (including phenoxy) is 1. The Morgan fingerprint density at radius 1 is 1.64 bits per heavy atom. The first-order valence-corrected chi connectivity index (χ1v) is 5.38. The molecule has 1 N–H and O–H groups in total. The van der Waals surface area contributed by atoms with Crippen molar-refractivity contribution in [2.24, 2.45) is 0 Å². The van der Waals surface area contributed by atoms with Crippen molar-refractivity contribution in [1.82, 2.24) is 0 Å². The van der Waals surface area contributed by atoms with Gasteiger partial charge in [-0.2, -0.15) is 0 Å². The highest BCUT2D eigenvalue weighted by molar-refractivity contribution is 8.00. The Morgan fingerprint density at radius 2 is 2.36 bits per heavy atom. The van der Waals surface area contributed by atoms with Gasteiger partial charge in [-0.1, -0.05) is 23.4 Å². The standard InChI is InChI=1S/C9H9ClFNOS/c1-4-12-8-6(14-4)3-5(10)7(11)9(8)13-2/h3-4,12H,1-2H3. The third-order valence-electron chi connectivity index (χ3n) is 2.00. The third kappa shape index (κ3) is 1.42. The van der Waals surface area contributed by atoms with Gasteiger partial charge < -0.3 is 10.1 Å². The lowest BCUT2D eigenvalue weighted by Gasteiger charge is -2.09. The number of anilines is 1. The van der Waals surface area contributed by atoms with Crippen molar-refractivity contribution < 1.29 is 9.13 Å². The smallest absolute Gasteiger partial charge is 0.185 e. The third-order valence-corrected chi connectivity index (χ3v) is 3.32. The molecule has 2 nitrogen and oxygen atoms in total. The molecule has 2 rings (SSSR count). The Bertz CT molecular complexity index is 386. The van der Waals surface area contributed by atoms with E-state index < -0.39 is 5.82 Å². The molecule has 0 saturated carbocycles. The Balaban J connectivity index is 2.59. The van der Waals surface area contributed by atoms with E-state index in [1.54, 1.807) is 17.8 Å². The number of halogens is 2. The van der Waals surface area contributed by atoms with E-state index in [4.69, 9.17) is 16.3 Å². The molecule has 0 radical (unpaired) electrons. The van der Waals surface area contributed by atoms with Crippen molar-refractivity contribution in [2.75, 3.05) is 12.4 Å². The molecule has 1 aliphatic rings. The van der Waals surface area contributed by atoms with E-state index in [-0.39, 0.29) is 16.1 Å². The molecule has 1 heterocycles. The number of hydrogen-bond donors (Lipinski definition) is 1. The molecule has 0 fully saturated rings. The van der Waals surface area contributed by atoms with Crippen molar-refractivity contribution in [3.8, 4) is 5.75 Å². The Kier molecular flexibility index (Phi) is 2.49. The number of rotatable bonds is 1. The number of fused-ring (bicyclic) bond motifs is 1. The zero-order chi connectivity index (χ0) is 10.3. The maximum absolute atomic E-state index is 13.5. The first kappa shape index (κ1) is 9.93. The highest BCUT2D eigenvalue weighted by Crippen LogP contribution is 2.47. The Morgan fingerprint density at radius 3 is 3.00 bits per heavy atom. The van der Waals surface area contributed by atoms with E-state index in [2.05, 4.69) is 5.32 Å². The highest BCUT2D eigenvalue weighted by atomic mass is 35.5. The van der Waals surface area contributed by atoms with Crippen LogP contribution in [0.4, 0.5) is 10.1 Å². The summed E-state index contributed by atoms with van der Waals surface area (Å²) >= 11 is 7.33. The number of nitrogens with one attached hydrogen (secondary N) is 1. The Hall–Kier alpha value is -0.610. The van der Waals surface area contributed by atoms with E-state index in [1.807, 2.05) is 6.92 Å². The second-order valence-corrected chi connectivity index (χ2v) is 4.77. The lowest BCUT2D eigenvalue weighted by molar-refractivity contribution is 0.387. The minimum absolute atomic E-state index is 0.101. The highest BCUT2D eigenvalue weighted by Gasteiger charge is 2.25. The maximum Gasteiger partial charge on any atom is 0.185 e. The molecule has 0 saturated heterocycles. The van der Waals surface area contributed by atoms with Crippen LogP contribution in [0.2, 0.25) is 5.02 Å². The molecule has 1 aromatic rings. The summed E-state index contributed by atoms with van der Waals surface area (Å²) < 4.78 is 18.5. The molecule has 14 heavy (non-hydrogen) atoms. The molecule has 76 valence electrons. The molecular weight excluding hydrogens is 225 g/mol. The average molecular weight is 234 g/mol. The van der Waals surface area contributed by atoms with Crippen molar-refractivity contribution in [3.05, 3.63) is 16.9 Å². The summed E-state index contributed by atoms with van der Waals surface area (Å²) in [4.78, 5) is 0.931. The molecule has 5 heteroatoms. The van der Waals surface area contributed by atoms with Crippen LogP contribution in [0.3, 0.4) is 0 Å². The molecule has 1 aromatic carbocycles. The monoisotopic (exact) mass is 233 g/mol. The minimum atomic E-state index is -0.505. The summed E-state index contributed by atoms with van der Waals surface area (Å²) in [6.07, 6.45) is 0. The van der Waals surface area contributed by atoms with Gasteiger partial charge in [-0.05, 0) is 13.0 Å². The molecule has 0 spiro atoms. The van der Waals surface area contributed by atoms with E-state index >= 15 is 0 Å². The number of methoxy groups -OCH3 is 1. The van der Waals surface area contributed by atoms with Crippen LogP contribution in [-0.4, -0.2) is 12.5 Å². The van der Waals surface area contributed by atoms with Crippen molar-refractivity contribution in [2.45, 2.75) is 17.2 Å². The summed E-state index contributed by atoms with van der Waals surface area (Å²) in [7, 11) is 1.43. The second kappa shape index (κ2) is 3.51. The molecule has 1 atom stereocenters. The fraction of sp³-hybridized carbons (Fsp3) is 0.333. The van der Waals surface area contributed by atoms with E-state index in [0.717, 1.165) is 4.90 Å². The molecule has 1 aliphatic heterocycles. The van der Waals surface area contributed by atoms with E-state index in [9.17, 15) is 4.39 Å². The first-order valence-electron chi connectivity index (χ1n) is 4.12. The quantitative estimate of drug-likeness (QED) is 0.804. The maximum atomic E-state index is 13.5. The van der Waals surface area contributed by atoms with Crippen LogP contribution >= 0.6 is 23.4 Å². The van der Waals surface area contributed by atoms with Gasteiger partial charge in [0.05, 0.1) is 23.2 Å². The average Bonchev–Trinajstić information content (AvgIpc) is 2.47. The van der Waals surface area contributed by atoms with Gasteiger partial charge in [0.2, 0.25) is 0 Å². The van der Waals surface area contributed by atoms with Crippen LogP contribution in [0.5, 0.6) is 5.75 Å². The number of thioether (sulfide) groups is 1. The molecular formula is C9H9ClFNOS. The van der Waals surface area contributed by atoms with Crippen LogP contribution in [0.25, 0.3) is 0 Å². The Labute approximate surface area is 90.8 Å². The summed E-state index contributed by atoms with van der Waals surface area (Å²) in [6.45, 7) is 2.00. The topological polar surface area (TPSA) is 21.3 Å². The number of hydrogen-bond acceptors (Lipinski definition) is 3. The van der Waals surface area contributed by atoms with Gasteiger partial charge in [0.1, 0.15) is 0 Å². The predicted octanol–water partition coefficient (Wildman–Crippen LogP) is 3.35. The fourth-order valence-corrected chi connectivity index (χ4v) is 2.70. The largest absolute Gasteiger partial charge is 0.491 e. The summed E-state index contributed by atoms with van der Waals surface area (Å²) in [5, 5.41) is 3.44. The lowest BCUT2D eigenvalue weighted by atomic mass is 10.2. The van der Waals surface area contributed by atoms with Gasteiger partial charge in [-0.15, -0.1) is 0 Å². The van der Waals surface area contributed by atoms with E-state index in [1.165, 1.54) is 7.11 Å². The zero-order valence-electron chi connectivity index (χ0n) is 7.73.